The molecule has 0 bridgehead atoms. The lowest BCUT2D eigenvalue weighted by Crippen LogP contribution is -2.20. The van der Waals surface area contributed by atoms with E-state index in [0.29, 0.717) is 18.1 Å². The summed E-state index contributed by atoms with van der Waals surface area (Å²) in [4.78, 5) is 14.6. The largest absolute Gasteiger partial charge is 0.488 e. The zero-order valence-corrected chi connectivity index (χ0v) is 9.33. The van der Waals surface area contributed by atoms with E-state index >= 15 is 0 Å². The van der Waals surface area contributed by atoms with Crippen LogP contribution in [0.4, 0.5) is 0 Å². The Labute approximate surface area is 98.1 Å². The number of rotatable bonds is 4. The van der Waals surface area contributed by atoms with Crippen LogP contribution in [-0.2, 0) is 9.53 Å². The van der Waals surface area contributed by atoms with Crippen LogP contribution in [0.25, 0.3) is 0 Å². The average Bonchev–Trinajstić information content (AvgIpc) is 2.78. The van der Waals surface area contributed by atoms with Crippen molar-refractivity contribution in [3.8, 4) is 11.6 Å². The number of methoxy groups -OCH3 is 1. The van der Waals surface area contributed by atoms with Gasteiger partial charge in [0.2, 0.25) is 5.88 Å². The van der Waals surface area contributed by atoms with Crippen LogP contribution < -0.4 is 9.47 Å². The first-order valence-corrected chi connectivity index (χ1v) is 5.20. The maximum atomic E-state index is 10.7. The predicted molar refractivity (Wildman–Crippen MR) is 57.2 cm³/mol. The van der Waals surface area contributed by atoms with E-state index in [4.69, 9.17) is 19.3 Å². The highest BCUT2D eigenvalue weighted by molar-refractivity contribution is 5.72. The molecule has 0 aromatic carbocycles. The predicted octanol–water partition coefficient (Wildman–Crippen LogP) is 0.711. The Balaban J connectivity index is 1.95. The number of carbonyl (C=O) groups is 1. The zero-order chi connectivity index (χ0) is 12.3. The van der Waals surface area contributed by atoms with Crippen LogP contribution in [0.15, 0.2) is 18.3 Å². The summed E-state index contributed by atoms with van der Waals surface area (Å²) in [6.07, 6.45) is 0.894. The molecule has 2 rings (SSSR count). The van der Waals surface area contributed by atoms with Crippen molar-refractivity contribution in [1.82, 2.24) is 4.98 Å². The average molecular weight is 239 g/mol. The van der Waals surface area contributed by atoms with E-state index in [9.17, 15) is 4.79 Å². The Morgan fingerprint density at radius 2 is 2.47 bits per heavy atom. The molecule has 17 heavy (non-hydrogen) atoms. The molecule has 0 radical (unpaired) electrons. The van der Waals surface area contributed by atoms with Gasteiger partial charge in [0.15, 0.2) is 6.10 Å². The van der Waals surface area contributed by atoms with Crippen molar-refractivity contribution in [3.63, 3.8) is 0 Å². The van der Waals surface area contributed by atoms with Gasteiger partial charge in [-0.25, -0.2) is 9.78 Å². The van der Waals surface area contributed by atoms with E-state index in [1.165, 1.54) is 7.11 Å². The summed E-state index contributed by atoms with van der Waals surface area (Å²) < 4.78 is 15.6. The van der Waals surface area contributed by atoms with Crippen LogP contribution in [0.2, 0.25) is 0 Å². The molecule has 1 fully saturated rings. The molecule has 1 aromatic heterocycles. The van der Waals surface area contributed by atoms with Crippen LogP contribution in [0.3, 0.4) is 0 Å². The lowest BCUT2D eigenvalue weighted by atomic mass is 10.2. The fourth-order valence-corrected chi connectivity index (χ4v) is 1.62. The van der Waals surface area contributed by atoms with Gasteiger partial charge in [0.05, 0.1) is 13.7 Å². The van der Waals surface area contributed by atoms with Crippen molar-refractivity contribution in [3.05, 3.63) is 18.3 Å². The third kappa shape index (κ3) is 2.85. The number of nitrogens with zero attached hydrogens (tertiary/aromatic N) is 1. The van der Waals surface area contributed by atoms with Gasteiger partial charge >= 0.3 is 5.97 Å². The van der Waals surface area contributed by atoms with Gasteiger partial charge in [0.25, 0.3) is 0 Å². The fourth-order valence-electron chi connectivity index (χ4n) is 1.62. The fraction of sp³-hybridized carbons (Fsp3) is 0.455. The highest BCUT2D eigenvalue weighted by atomic mass is 16.6. The summed E-state index contributed by atoms with van der Waals surface area (Å²) in [5, 5.41) is 8.77. The highest BCUT2D eigenvalue weighted by Gasteiger charge is 2.32. The Morgan fingerprint density at radius 3 is 3.12 bits per heavy atom. The van der Waals surface area contributed by atoms with Gasteiger partial charge in [0, 0.05) is 18.7 Å². The van der Waals surface area contributed by atoms with Gasteiger partial charge in [-0.05, 0) is 6.07 Å². The molecule has 1 saturated heterocycles. The van der Waals surface area contributed by atoms with Crippen LogP contribution in [0.5, 0.6) is 11.6 Å². The number of hydrogen-bond donors (Lipinski definition) is 1. The third-order valence-electron chi connectivity index (χ3n) is 2.45. The molecule has 92 valence electrons. The molecule has 0 aliphatic carbocycles. The van der Waals surface area contributed by atoms with E-state index in [1.807, 2.05) is 0 Å². The number of aromatic nitrogens is 1. The molecule has 2 atom stereocenters. The summed E-state index contributed by atoms with van der Waals surface area (Å²) in [6, 6.07) is 3.34. The summed E-state index contributed by atoms with van der Waals surface area (Å²) in [5.41, 5.74) is 0. The van der Waals surface area contributed by atoms with E-state index < -0.39 is 12.1 Å². The highest BCUT2D eigenvalue weighted by Crippen LogP contribution is 2.22. The molecule has 6 nitrogen and oxygen atoms in total. The minimum absolute atomic E-state index is 0.247. The standard InChI is InChI=1S/C11H13NO5/c1-15-10-5-7(2-3-12-10)17-8-4-9(11(13)14)16-6-8/h2-3,5,8-9H,4,6H2,1H3,(H,13,14)/t8?,9-/m1/s1. The van der Waals surface area contributed by atoms with Crippen molar-refractivity contribution >= 4 is 5.97 Å². The monoisotopic (exact) mass is 239 g/mol. The second kappa shape index (κ2) is 5.01. The Morgan fingerprint density at radius 1 is 1.65 bits per heavy atom. The van der Waals surface area contributed by atoms with E-state index in [1.54, 1.807) is 18.3 Å². The normalized spacial score (nSPS) is 23.4. The topological polar surface area (TPSA) is 77.9 Å². The van der Waals surface area contributed by atoms with Gasteiger partial charge in [-0.15, -0.1) is 0 Å². The molecular weight excluding hydrogens is 226 g/mol. The van der Waals surface area contributed by atoms with Crippen molar-refractivity contribution in [1.29, 1.82) is 0 Å². The van der Waals surface area contributed by atoms with Gasteiger partial charge < -0.3 is 19.3 Å². The van der Waals surface area contributed by atoms with Crippen LogP contribution >= 0.6 is 0 Å². The third-order valence-corrected chi connectivity index (χ3v) is 2.45. The number of aliphatic carboxylic acids is 1. The first-order valence-electron chi connectivity index (χ1n) is 5.20. The minimum Gasteiger partial charge on any atom is -0.488 e. The summed E-state index contributed by atoms with van der Waals surface area (Å²) in [7, 11) is 1.52. The lowest BCUT2D eigenvalue weighted by Gasteiger charge is -2.11. The molecule has 0 amide bonds. The maximum Gasteiger partial charge on any atom is 0.332 e. The van der Waals surface area contributed by atoms with Gasteiger partial charge in [-0.2, -0.15) is 0 Å². The molecular formula is C11H13NO5. The smallest absolute Gasteiger partial charge is 0.332 e. The van der Waals surface area contributed by atoms with Crippen molar-refractivity contribution < 1.29 is 24.1 Å². The molecule has 1 aliphatic heterocycles. The quantitative estimate of drug-likeness (QED) is 0.833. The number of hydrogen-bond acceptors (Lipinski definition) is 5. The van der Waals surface area contributed by atoms with E-state index in [-0.39, 0.29) is 12.7 Å². The maximum absolute atomic E-state index is 10.7. The van der Waals surface area contributed by atoms with Gasteiger partial charge in [0.1, 0.15) is 11.9 Å². The van der Waals surface area contributed by atoms with E-state index in [2.05, 4.69) is 4.98 Å². The molecule has 6 heteroatoms. The van der Waals surface area contributed by atoms with Crippen LogP contribution in [0, 0.1) is 0 Å². The second-order valence-corrected chi connectivity index (χ2v) is 3.67. The number of carboxylic acid groups (broad SMARTS) is 1. The van der Waals surface area contributed by atoms with Crippen LogP contribution in [0.1, 0.15) is 6.42 Å². The number of carboxylic acids is 1. The molecule has 2 heterocycles. The van der Waals surface area contributed by atoms with Crippen molar-refractivity contribution in [2.45, 2.75) is 18.6 Å². The Kier molecular flexibility index (Phi) is 3.43. The molecule has 1 N–H and O–H groups in total. The Bertz CT molecular complexity index is 409. The molecule has 0 saturated carbocycles. The number of pyridine rings is 1. The molecule has 1 aliphatic rings. The van der Waals surface area contributed by atoms with Crippen LogP contribution in [-0.4, -0.2) is 42.0 Å². The SMILES string of the molecule is COc1cc(OC2CO[C@@H](C(=O)O)C2)ccn1. The molecule has 1 aromatic rings. The molecule has 1 unspecified atom stereocenters. The molecule has 0 spiro atoms. The van der Waals surface area contributed by atoms with Gasteiger partial charge in [-0.3, -0.25) is 0 Å². The minimum atomic E-state index is -0.955. The van der Waals surface area contributed by atoms with E-state index in [0.717, 1.165) is 0 Å². The zero-order valence-electron chi connectivity index (χ0n) is 9.33. The second-order valence-electron chi connectivity index (χ2n) is 3.67. The lowest BCUT2D eigenvalue weighted by molar-refractivity contribution is -0.147. The summed E-state index contributed by atoms with van der Waals surface area (Å²) >= 11 is 0. The summed E-state index contributed by atoms with van der Waals surface area (Å²) in [6.45, 7) is 0.279. The summed E-state index contributed by atoms with van der Waals surface area (Å²) in [5.74, 6) is 0.0936. The van der Waals surface area contributed by atoms with Crippen molar-refractivity contribution in [2.24, 2.45) is 0 Å². The number of ether oxygens (including phenoxy) is 3. The first kappa shape index (κ1) is 11.7. The van der Waals surface area contributed by atoms with Crippen molar-refractivity contribution in [2.75, 3.05) is 13.7 Å². The first-order chi connectivity index (χ1) is 8.19. The Hall–Kier alpha value is -1.82. The van der Waals surface area contributed by atoms with Gasteiger partial charge in [-0.1, -0.05) is 0 Å².